The Kier molecular flexibility index (Phi) is 6.37. The van der Waals surface area contributed by atoms with Crippen molar-refractivity contribution in [2.24, 2.45) is 0 Å². The van der Waals surface area contributed by atoms with Crippen molar-refractivity contribution in [1.82, 2.24) is 4.72 Å². The number of hydrogen-bond acceptors (Lipinski definition) is 6. The normalized spacial score (nSPS) is 11.3. The van der Waals surface area contributed by atoms with E-state index in [1.165, 1.54) is 43.5 Å². The molecule has 2 aromatic carbocycles. The molecule has 0 heterocycles. The Morgan fingerprint density at radius 2 is 1.86 bits per heavy atom. The van der Waals surface area contributed by atoms with E-state index in [-0.39, 0.29) is 33.6 Å². The molecule has 0 aromatic heterocycles. The van der Waals surface area contributed by atoms with Crippen LogP contribution in [0, 0.1) is 17.0 Å². The largest absolute Gasteiger partial charge is 0.495 e. The lowest BCUT2D eigenvalue weighted by Gasteiger charge is -2.14. The third kappa shape index (κ3) is 4.84. The molecule has 0 bridgehead atoms. The minimum absolute atomic E-state index is 0.0656. The highest BCUT2D eigenvalue weighted by atomic mass is 32.2. The number of nitro benzene ring substituents is 1. The van der Waals surface area contributed by atoms with E-state index in [1.807, 2.05) is 0 Å². The van der Waals surface area contributed by atoms with E-state index < -0.39 is 20.9 Å². The molecule has 10 heteroatoms. The monoisotopic (exact) mass is 407 g/mol. The maximum Gasteiger partial charge on any atom is 0.271 e. The molecule has 0 saturated carbocycles. The minimum Gasteiger partial charge on any atom is -0.495 e. The zero-order chi connectivity index (χ0) is 21.1. The van der Waals surface area contributed by atoms with Gasteiger partial charge in [-0.15, -0.1) is 0 Å². The third-order valence-electron chi connectivity index (χ3n) is 3.79. The number of anilines is 1. The molecule has 150 valence electrons. The predicted molar refractivity (Wildman–Crippen MR) is 104 cm³/mol. The number of ether oxygens (including phenoxy) is 1. The van der Waals surface area contributed by atoms with Crippen LogP contribution in [0.25, 0.3) is 0 Å². The number of aryl methyl sites for hydroxylation is 1. The molecular weight excluding hydrogens is 386 g/mol. The van der Waals surface area contributed by atoms with Gasteiger partial charge in [0.15, 0.2) is 0 Å². The number of nitrogens with zero attached hydrogens (tertiary/aromatic N) is 1. The number of carbonyl (C=O) groups is 1. The lowest BCUT2D eigenvalue weighted by atomic mass is 10.1. The summed E-state index contributed by atoms with van der Waals surface area (Å²) in [5.41, 5.74) is 0.789. The number of rotatable bonds is 7. The highest BCUT2D eigenvalue weighted by Crippen LogP contribution is 2.27. The molecule has 2 N–H and O–H groups in total. The van der Waals surface area contributed by atoms with Crippen LogP contribution >= 0.6 is 0 Å². The molecule has 0 atom stereocenters. The Labute approximate surface area is 162 Å². The van der Waals surface area contributed by atoms with Crippen molar-refractivity contribution in [3.63, 3.8) is 0 Å². The van der Waals surface area contributed by atoms with Gasteiger partial charge in [0.05, 0.1) is 17.7 Å². The lowest BCUT2D eigenvalue weighted by molar-refractivity contribution is -0.384. The minimum atomic E-state index is -3.90. The summed E-state index contributed by atoms with van der Waals surface area (Å²) in [5, 5.41) is 13.5. The zero-order valence-electron chi connectivity index (χ0n) is 15.8. The van der Waals surface area contributed by atoms with E-state index in [0.717, 1.165) is 0 Å². The van der Waals surface area contributed by atoms with Crippen LogP contribution in [-0.4, -0.2) is 32.4 Å². The number of non-ortho nitro benzene ring substituents is 1. The highest BCUT2D eigenvalue weighted by molar-refractivity contribution is 7.89. The smallest absolute Gasteiger partial charge is 0.271 e. The maximum atomic E-state index is 12.6. The topological polar surface area (TPSA) is 128 Å². The molecule has 0 aliphatic heterocycles. The molecule has 9 nitrogen and oxygen atoms in total. The summed E-state index contributed by atoms with van der Waals surface area (Å²) in [4.78, 5) is 22.8. The first kappa shape index (κ1) is 21.3. The number of methoxy groups -OCH3 is 1. The Morgan fingerprint density at radius 1 is 1.18 bits per heavy atom. The summed E-state index contributed by atoms with van der Waals surface area (Å²) < 4.78 is 32.6. The van der Waals surface area contributed by atoms with Crippen LogP contribution in [0.1, 0.15) is 29.8 Å². The molecule has 0 aliphatic carbocycles. The van der Waals surface area contributed by atoms with Gasteiger partial charge in [-0.2, -0.15) is 0 Å². The third-order valence-corrected chi connectivity index (χ3v) is 5.47. The van der Waals surface area contributed by atoms with Gasteiger partial charge in [0.1, 0.15) is 10.6 Å². The molecule has 2 aromatic rings. The Morgan fingerprint density at radius 3 is 2.43 bits per heavy atom. The Balaban J connectivity index is 2.41. The van der Waals surface area contributed by atoms with E-state index in [4.69, 9.17) is 4.74 Å². The first-order valence-corrected chi connectivity index (χ1v) is 9.80. The van der Waals surface area contributed by atoms with Gasteiger partial charge in [-0.1, -0.05) is 6.07 Å². The summed E-state index contributed by atoms with van der Waals surface area (Å²) in [6.07, 6.45) is 0. The van der Waals surface area contributed by atoms with Crippen molar-refractivity contribution in [2.45, 2.75) is 31.7 Å². The molecule has 2 rings (SSSR count). The van der Waals surface area contributed by atoms with Crippen molar-refractivity contribution in [2.75, 3.05) is 12.4 Å². The predicted octanol–water partition coefficient (Wildman–Crippen LogP) is 2.85. The lowest BCUT2D eigenvalue weighted by Crippen LogP contribution is -2.30. The second-order valence-corrected chi connectivity index (χ2v) is 8.03. The van der Waals surface area contributed by atoms with E-state index in [9.17, 15) is 23.3 Å². The molecule has 0 radical (unpaired) electrons. The van der Waals surface area contributed by atoms with Crippen molar-refractivity contribution in [3.05, 3.63) is 57.6 Å². The van der Waals surface area contributed by atoms with Crippen LogP contribution in [0.3, 0.4) is 0 Å². The van der Waals surface area contributed by atoms with E-state index >= 15 is 0 Å². The van der Waals surface area contributed by atoms with Crippen LogP contribution in [0.5, 0.6) is 5.75 Å². The molecule has 0 saturated heterocycles. The van der Waals surface area contributed by atoms with Crippen LogP contribution in [-0.2, 0) is 10.0 Å². The van der Waals surface area contributed by atoms with Crippen molar-refractivity contribution in [3.8, 4) is 5.75 Å². The second-order valence-electron chi connectivity index (χ2n) is 6.35. The van der Waals surface area contributed by atoms with Crippen molar-refractivity contribution < 1.29 is 22.9 Å². The molecule has 0 fully saturated rings. The van der Waals surface area contributed by atoms with Crippen LogP contribution in [0.15, 0.2) is 41.3 Å². The number of nitro groups is 1. The van der Waals surface area contributed by atoms with Gasteiger partial charge in [-0.25, -0.2) is 13.1 Å². The van der Waals surface area contributed by atoms with Gasteiger partial charge in [-0.3, -0.25) is 14.9 Å². The molecule has 1 amide bonds. The maximum absolute atomic E-state index is 12.6. The number of carbonyl (C=O) groups excluding carboxylic acids is 1. The number of sulfonamides is 1. The first-order valence-electron chi connectivity index (χ1n) is 8.32. The molecule has 0 unspecified atom stereocenters. The Bertz CT molecular complexity index is 1020. The van der Waals surface area contributed by atoms with Gasteiger partial charge >= 0.3 is 0 Å². The fraction of sp³-hybridized carbons (Fsp3) is 0.278. The number of hydrogen-bond donors (Lipinski definition) is 2. The fourth-order valence-corrected chi connectivity index (χ4v) is 3.90. The van der Waals surface area contributed by atoms with E-state index in [2.05, 4.69) is 10.0 Å². The van der Waals surface area contributed by atoms with Gasteiger partial charge in [0.25, 0.3) is 11.6 Å². The highest BCUT2D eigenvalue weighted by Gasteiger charge is 2.23. The Hall–Kier alpha value is -2.98. The van der Waals surface area contributed by atoms with Crippen LogP contribution in [0.2, 0.25) is 0 Å². The van der Waals surface area contributed by atoms with Gasteiger partial charge in [0.2, 0.25) is 10.0 Å². The summed E-state index contributed by atoms with van der Waals surface area (Å²) in [7, 11) is -2.57. The van der Waals surface area contributed by atoms with Crippen LogP contribution < -0.4 is 14.8 Å². The fourth-order valence-electron chi connectivity index (χ4n) is 2.45. The summed E-state index contributed by atoms with van der Waals surface area (Å²) in [5.74, 6) is -0.511. The molecule has 0 spiro atoms. The molecule has 0 aliphatic rings. The average Bonchev–Trinajstić information content (AvgIpc) is 2.61. The van der Waals surface area contributed by atoms with Crippen molar-refractivity contribution >= 4 is 27.3 Å². The van der Waals surface area contributed by atoms with Crippen LogP contribution in [0.4, 0.5) is 11.4 Å². The van der Waals surface area contributed by atoms with Gasteiger partial charge < -0.3 is 10.1 Å². The SMILES string of the molecule is COc1ccc(C(=O)Nc2cc([N+](=O)[O-])ccc2C)cc1S(=O)(=O)NC(C)C. The zero-order valence-corrected chi connectivity index (χ0v) is 16.7. The standard InChI is InChI=1S/C18H21N3O6S/c1-11(2)20-28(25,26)17-9-13(6-8-16(17)27-4)18(22)19-15-10-14(21(23)24)7-5-12(15)3/h5-11,20H,1-4H3,(H,19,22). The average molecular weight is 407 g/mol. The summed E-state index contributed by atoms with van der Waals surface area (Å²) >= 11 is 0. The van der Waals surface area contributed by atoms with Gasteiger partial charge in [0, 0.05) is 23.7 Å². The first-order chi connectivity index (χ1) is 13.0. The summed E-state index contributed by atoms with van der Waals surface area (Å²) in [6.45, 7) is 5.03. The van der Waals surface area contributed by atoms with Crippen molar-refractivity contribution in [1.29, 1.82) is 0 Å². The quantitative estimate of drug-likeness (QED) is 0.537. The number of nitrogens with one attached hydrogen (secondary N) is 2. The van der Waals surface area contributed by atoms with E-state index in [1.54, 1.807) is 20.8 Å². The second kappa shape index (κ2) is 8.36. The van der Waals surface area contributed by atoms with Gasteiger partial charge in [-0.05, 0) is 44.5 Å². The molecular formula is C18H21N3O6S. The van der Waals surface area contributed by atoms with E-state index in [0.29, 0.717) is 5.56 Å². The summed E-state index contributed by atoms with van der Waals surface area (Å²) in [6, 6.07) is 7.74. The number of benzene rings is 2. The molecule has 28 heavy (non-hydrogen) atoms. The number of amides is 1.